The molecule has 0 amide bonds. The fourth-order valence-electron chi connectivity index (χ4n) is 6.15. The van der Waals surface area contributed by atoms with Gasteiger partial charge < -0.3 is 14.6 Å². The third-order valence-corrected chi connectivity index (χ3v) is 9.83. The lowest BCUT2D eigenvalue weighted by molar-refractivity contribution is -0.161. The average molecular weight is 879 g/mol. The summed E-state index contributed by atoms with van der Waals surface area (Å²) in [6.07, 6.45) is 82.1. The predicted molar refractivity (Wildman–Crippen MR) is 278 cm³/mol. The SMILES string of the molecule is CC/C=C\C/C=C\C/C=C\C/C=C\C/C=C\C/C=C\C/C=C\C/C=C\C/C=C\CCCCCCCCCCCC(=O)OC(CO)COC(=O)CC/C=C\C/C=C\C/C=C\C/C=C\CC. The van der Waals surface area contributed by atoms with E-state index in [0.29, 0.717) is 12.8 Å². The van der Waals surface area contributed by atoms with Crippen molar-refractivity contribution in [2.75, 3.05) is 13.2 Å². The predicted octanol–water partition coefficient (Wildman–Crippen LogP) is 16.8. The Hall–Kier alpha value is -4.48. The van der Waals surface area contributed by atoms with Crippen LogP contribution in [-0.4, -0.2) is 36.4 Å². The lowest BCUT2D eigenvalue weighted by Crippen LogP contribution is -2.28. The number of esters is 2. The van der Waals surface area contributed by atoms with Crippen molar-refractivity contribution in [2.45, 2.75) is 187 Å². The first-order valence-electron chi connectivity index (χ1n) is 25.0. The Morgan fingerprint density at radius 3 is 1.00 bits per heavy atom. The summed E-state index contributed by atoms with van der Waals surface area (Å²) < 4.78 is 10.6. The molecule has 0 saturated heterocycles. The molecule has 356 valence electrons. The second kappa shape index (κ2) is 52.9. The molecular weight excluding hydrogens is 789 g/mol. The first-order chi connectivity index (χ1) is 31.6. The van der Waals surface area contributed by atoms with E-state index < -0.39 is 6.10 Å². The van der Waals surface area contributed by atoms with Gasteiger partial charge in [0.15, 0.2) is 6.10 Å². The number of carbonyl (C=O) groups excluding carboxylic acids is 2. The first kappa shape index (κ1) is 59.5. The minimum atomic E-state index is -0.815. The molecule has 5 heteroatoms. The first-order valence-corrected chi connectivity index (χ1v) is 25.0. The zero-order valence-corrected chi connectivity index (χ0v) is 40.5. The van der Waals surface area contributed by atoms with Gasteiger partial charge in [-0.1, -0.05) is 217 Å². The van der Waals surface area contributed by atoms with Crippen LogP contribution >= 0.6 is 0 Å². The van der Waals surface area contributed by atoms with Crippen LogP contribution in [0.2, 0.25) is 0 Å². The fraction of sp³-hybridized carbons (Fsp3) is 0.525. The largest absolute Gasteiger partial charge is 0.462 e. The maximum absolute atomic E-state index is 12.2. The number of aliphatic hydroxyl groups is 1. The van der Waals surface area contributed by atoms with E-state index in [2.05, 4.69) is 160 Å². The Morgan fingerprint density at radius 2 is 0.656 bits per heavy atom. The Morgan fingerprint density at radius 1 is 0.359 bits per heavy atom. The van der Waals surface area contributed by atoms with Gasteiger partial charge in [-0.15, -0.1) is 0 Å². The molecule has 0 heterocycles. The molecule has 0 aliphatic rings. The molecule has 0 aliphatic heterocycles. The van der Waals surface area contributed by atoms with Gasteiger partial charge in [-0.05, 0) is 109 Å². The monoisotopic (exact) mass is 879 g/mol. The lowest BCUT2D eigenvalue weighted by atomic mass is 10.1. The molecule has 0 fully saturated rings. The van der Waals surface area contributed by atoms with Crippen molar-refractivity contribution < 1.29 is 24.2 Å². The molecular formula is C59H90O5. The smallest absolute Gasteiger partial charge is 0.306 e. The maximum Gasteiger partial charge on any atom is 0.306 e. The van der Waals surface area contributed by atoms with Crippen molar-refractivity contribution in [2.24, 2.45) is 0 Å². The fourth-order valence-corrected chi connectivity index (χ4v) is 6.15. The summed E-state index contributed by atoms with van der Waals surface area (Å²) in [7, 11) is 0. The van der Waals surface area contributed by atoms with Gasteiger partial charge in [0.1, 0.15) is 6.61 Å². The minimum absolute atomic E-state index is 0.116. The summed E-state index contributed by atoms with van der Waals surface area (Å²) in [5.41, 5.74) is 0. The van der Waals surface area contributed by atoms with E-state index in [1.165, 1.54) is 38.5 Å². The minimum Gasteiger partial charge on any atom is -0.462 e. The van der Waals surface area contributed by atoms with Crippen molar-refractivity contribution in [3.63, 3.8) is 0 Å². The van der Waals surface area contributed by atoms with E-state index in [1.54, 1.807) is 0 Å². The van der Waals surface area contributed by atoms with Gasteiger partial charge in [0.05, 0.1) is 6.61 Å². The van der Waals surface area contributed by atoms with E-state index in [-0.39, 0.29) is 31.6 Å². The van der Waals surface area contributed by atoms with Crippen LogP contribution in [0, 0.1) is 0 Å². The Balaban J connectivity index is 3.65. The molecule has 5 nitrogen and oxygen atoms in total. The molecule has 0 rings (SSSR count). The van der Waals surface area contributed by atoms with Crippen molar-refractivity contribution in [3.05, 3.63) is 158 Å². The van der Waals surface area contributed by atoms with Crippen molar-refractivity contribution >= 4 is 11.9 Å². The van der Waals surface area contributed by atoms with Gasteiger partial charge in [-0.25, -0.2) is 0 Å². The molecule has 0 aromatic heterocycles. The summed E-state index contributed by atoms with van der Waals surface area (Å²) in [6, 6.07) is 0. The van der Waals surface area contributed by atoms with Crippen molar-refractivity contribution in [1.29, 1.82) is 0 Å². The highest BCUT2D eigenvalue weighted by atomic mass is 16.6. The highest BCUT2D eigenvalue weighted by Gasteiger charge is 2.15. The highest BCUT2D eigenvalue weighted by molar-refractivity contribution is 5.70. The number of aliphatic hydroxyl groups excluding tert-OH is 1. The summed E-state index contributed by atoms with van der Waals surface area (Å²) in [5, 5.41) is 9.58. The molecule has 0 radical (unpaired) electrons. The van der Waals surface area contributed by atoms with Crippen LogP contribution in [0.15, 0.2) is 158 Å². The zero-order valence-electron chi connectivity index (χ0n) is 40.5. The molecule has 0 aromatic rings. The number of ether oxygens (including phenoxy) is 2. The van der Waals surface area contributed by atoms with Gasteiger partial charge in [-0.2, -0.15) is 0 Å². The summed E-state index contributed by atoms with van der Waals surface area (Å²) in [4.78, 5) is 24.3. The van der Waals surface area contributed by atoms with Gasteiger partial charge in [0.2, 0.25) is 0 Å². The Labute approximate surface area is 392 Å². The second-order valence-electron chi connectivity index (χ2n) is 15.8. The number of rotatable bonds is 43. The third-order valence-electron chi connectivity index (χ3n) is 9.83. The molecule has 1 atom stereocenters. The van der Waals surface area contributed by atoms with Gasteiger partial charge in [0, 0.05) is 12.8 Å². The molecule has 0 spiro atoms. The van der Waals surface area contributed by atoms with Crippen LogP contribution in [0.4, 0.5) is 0 Å². The van der Waals surface area contributed by atoms with Crippen LogP contribution in [0.25, 0.3) is 0 Å². The lowest BCUT2D eigenvalue weighted by Gasteiger charge is -2.15. The molecule has 1 unspecified atom stereocenters. The van der Waals surface area contributed by atoms with Gasteiger partial charge in [-0.3, -0.25) is 9.59 Å². The Bertz CT molecular complexity index is 1460. The topological polar surface area (TPSA) is 72.8 Å². The van der Waals surface area contributed by atoms with Crippen LogP contribution in [0.5, 0.6) is 0 Å². The molecule has 0 aliphatic carbocycles. The van der Waals surface area contributed by atoms with Crippen LogP contribution in [0.1, 0.15) is 181 Å². The molecule has 0 saturated carbocycles. The molecule has 0 aromatic carbocycles. The van der Waals surface area contributed by atoms with Gasteiger partial charge >= 0.3 is 11.9 Å². The number of carbonyl (C=O) groups is 2. The van der Waals surface area contributed by atoms with E-state index in [4.69, 9.17) is 9.47 Å². The summed E-state index contributed by atoms with van der Waals surface area (Å²) in [6.45, 7) is 3.81. The van der Waals surface area contributed by atoms with E-state index in [9.17, 15) is 14.7 Å². The third kappa shape index (κ3) is 50.2. The number of allylic oxidation sites excluding steroid dienone is 26. The van der Waals surface area contributed by atoms with Crippen molar-refractivity contribution in [1.82, 2.24) is 0 Å². The normalized spacial score (nSPS) is 13.6. The van der Waals surface area contributed by atoms with E-state index >= 15 is 0 Å². The molecule has 1 N–H and O–H groups in total. The van der Waals surface area contributed by atoms with Crippen molar-refractivity contribution in [3.8, 4) is 0 Å². The zero-order chi connectivity index (χ0) is 46.3. The number of hydrogen-bond donors (Lipinski definition) is 1. The van der Waals surface area contributed by atoms with E-state index in [1.807, 2.05) is 12.2 Å². The average Bonchev–Trinajstić information content (AvgIpc) is 3.30. The van der Waals surface area contributed by atoms with E-state index in [0.717, 1.165) is 109 Å². The van der Waals surface area contributed by atoms with Crippen LogP contribution < -0.4 is 0 Å². The number of unbranched alkanes of at least 4 members (excludes halogenated alkanes) is 9. The van der Waals surface area contributed by atoms with Crippen LogP contribution in [0.3, 0.4) is 0 Å². The summed E-state index contributed by atoms with van der Waals surface area (Å²) in [5.74, 6) is -0.707. The standard InChI is InChI=1S/C59H90O5/c1-3-5-7-9-11-13-15-17-18-19-20-21-22-23-24-25-26-27-28-29-30-31-32-33-34-35-36-37-38-39-40-42-44-46-48-50-52-54-59(62)64-57(55-60)56-63-58(61)53-51-49-47-45-43-41-16-14-12-10-8-6-4-2/h5-8,11-14,17-18,20-21,23-24,26-27,29-30,32-33,35-36,41,43,47,49,57,60H,3-4,9-10,15-16,19,22,25,28,31,34,37-40,42,44-46,48,50-56H2,1-2H3/b7-5-,8-6-,13-11-,14-12-,18-17-,21-20-,24-23-,27-26-,30-29-,33-32-,36-35-,43-41-,49-47-. The quantitative estimate of drug-likeness (QED) is 0.0375. The highest BCUT2D eigenvalue weighted by Crippen LogP contribution is 2.13. The van der Waals surface area contributed by atoms with Gasteiger partial charge in [0.25, 0.3) is 0 Å². The summed E-state index contributed by atoms with van der Waals surface area (Å²) >= 11 is 0. The Kier molecular flexibility index (Phi) is 49.2. The molecule has 0 bridgehead atoms. The maximum atomic E-state index is 12.2. The van der Waals surface area contributed by atoms with Crippen LogP contribution in [-0.2, 0) is 19.1 Å². The number of hydrogen-bond acceptors (Lipinski definition) is 5. The molecule has 64 heavy (non-hydrogen) atoms. The second-order valence-corrected chi connectivity index (χ2v) is 15.8.